The number of para-hydroxylation sites is 1. The van der Waals surface area contributed by atoms with Crippen molar-refractivity contribution in [3.63, 3.8) is 0 Å². The van der Waals surface area contributed by atoms with E-state index in [1.807, 2.05) is 23.1 Å². The molecule has 0 N–H and O–H groups in total. The minimum Gasteiger partial charge on any atom is -0.493 e. The molecule has 1 aliphatic rings. The number of thiophene rings is 2. The van der Waals surface area contributed by atoms with Gasteiger partial charge in [0, 0.05) is 22.7 Å². The second-order valence-electron chi connectivity index (χ2n) is 6.71. The molecular weight excluding hydrogens is 390 g/mol. The lowest BCUT2D eigenvalue weighted by Crippen LogP contribution is -2.39. The number of nitrogens with zero attached hydrogens (tertiary/aromatic N) is 1. The van der Waals surface area contributed by atoms with Crippen LogP contribution in [0.2, 0.25) is 0 Å². The Bertz CT molecular complexity index is 949. The highest BCUT2D eigenvalue weighted by molar-refractivity contribution is 7.10. The Morgan fingerprint density at radius 2 is 2.00 bits per heavy atom. The fraction of sp³-hybridized carbons (Fsp3) is 0.318. The number of amides is 1. The van der Waals surface area contributed by atoms with E-state index < -0.39 is 0 Å². The largest absolute Gasteiger partial charge is 0.493 e. The van der Waals surface area contributed by atoms with Crippen LogP contribution >= 0.6 is 22.7 Å². The zero-order valence-electron chi connectivity index (χ0n) is 16.0. The molecule has 0 saturated carbocycles. The smallest absolute Gasteiger partial charge is 0.223 e. The van der Waals surface area contributed by atoms with Gasteiger partial charge in [0.1, 0.15) is 0 Å². The van der Waals surface area contributed by atoms with Crippen molar-refractivity contribution in [3.8, 4) is 11.5 Å². The van der Waals surface area contributed by atoms with Crippen molar-refractivity contribution >= 4 is 28.6 Å². The zero-order chi connectivity index (χ0) is 19.5. The molecule has 0 unspecified atom stereocenters. The third-order valence-electron chi connectivity index (χ3n) is 5.19. The van der Waals surface area contributed by atoms with Gasteiger partial charge in [-0.25, -0.2) is 0 Å². The fourth-order valence-corrected chi connectivity index (χ4v) is 5.63. The SMILES string of the molecule is COc1cccc(CCC(=O)N2CCc3sccc3[C@@H]2c2cccs2)c1OC. The van der Waals surface area contributed by atoms with Gasteiger partial charge in [-0.15, -0.1) is 22.7 Å². The summed E-state index contributed by atoms with van der Waals surface area (Å²) in [7, 11) is 3.27. The summed E-state index contributed by atoms with van der Waals surface area (Å²) in [4.78, 5) is 17.9. The summed E-state index contributed by atoms with van der Waals surface area (Å²) >= 11 is 3.51. The highest BCUT2D eigenvalue weighted by atomic mass is 32.1. The first-order valence-corrected chi connectivity index (χ1v) is 11.1. The Kier molecular flexibility index (Phi) is 5.69. The second kappa shape index (κ2) is 8.37. The number of aryl methyl sites for hydroxylation is 1. The van der Waals surface area contributed by atoms with E-state index >= 15 is 0 Å². The van der Waals surface area contributed by atoms with Gasteiger partial charge in [0.15, 0.2) is 11.5 Å². The van der Waals surface area contributed by atoms with Crippen molar-refractivity contribution in [2.24, 2.45) is 0 Å². The molecule has 3 aromatic rings. The fourth-order valence-electron chi connectivity index (χ4n) is 3.87. The average molecular weight is 414 g/mol. The van der Waals surface area contributed by atoms with E-state index in [-0.39, 0.29) is 11.9 Å². The molecule has 0 fully saturated rings. The number of carbonyl (C=O) groups is 1. The molecule has 146 valence electrons. The molecule has 1 atom stereocenters. The van der Waals surface area contributed by atoms with E-state index in [0.29, 0.717) is 24.3 Å². The van der Waals surface area contributed by atoms with Gasteiger partial charge < -0.3 is 14.4 Å². The highest BCUT2D eigenvalue weighted by Gasteiger charge is 2.33. The van der Waals surface area contributed by atoms with Crippen molar-refractivity contribution in [1.82, 2.24) is 4.90 Å². The summed E-state index contributed by atoms with van der Waals surface area (Å²) in [5, 5.41) is 4.22. The van der Waals surface area contributed by atoms with E-state index in [1.54, 1.807) is 36.9 Å². The molecule has 4 rings (SSSR count). The number of hydrogen-bond acceptors (Lipinski definition) is 5. The molecule has 0 radical (unpaired) electrons. The molecule has 3 heterocycles. The molecule has 4 nitrogen and oxygen atoms in total. The van der Waals surface area contributed by atoms with Crippen molar-refractivity contribution in [2.75, 3.05) is 20.8 Å². The van der Waals surface area contributed by atoms with Crippen molar-refractivity contribution in [1.29, 1.82) is 0 Å². The zero-order valence-corrected chi connectivity index (χ0v) is 17.6. The molecule has 1 amide bonds. The van der Waals surface area contributed by atoms with E-state index in [2.05, 4.69) is 29.0 Å². The number of carbonyl (C=O) groups excluding carboxylic acids is 1. The minimum atomic E-state index is 0.0368. The maximum absolute atomic E-state index is 13.2. The molecular formula is C22H23NO3S2. The predicted molar refractivity (Wildman–Crippen MR) is 114 cm³/mol. The molecule has 0 bridgehead atoms. The van der Waals surface area contributed by atoms with Gasteiger partial charge in [-0.05, 0) is 52.9 Å². The first-order chi connectivity index (χ1) is 13.7. The summed E-state index contributed by atoms with van der Waals surface area (Å²) in [5.41, 5.74) is 2.28. The number of rotatable bonds is 6. The minimum absolute atomic E-state index is 0.0368. The Morgan fingerprint density at radius 1 is 1.11 bits per heavy atom. The highest BCUT2D eigenvalue weighted by Crippen LogP contribution is 2.40. The Morgan fingerprint density at radius 3 is 2.75 bits per heavy atom. The molecule has 1 aliphatic heterocycles. The average Bonchev–Trinajstić information content (AvgIpc) is 3.42. The maximum atomic E-state index is 13.2. The number of benzene rings is 1. The Balaban J connectivity index is 1.55. The molecule has 1 aromatic carbocycles. The standard InChI is InChI=1S/C22H23NO3S2/c1-25-17-6-3-5-15(22(17)26-2)8-9-20(24)23-12-10-18-16(11-14-28-18)21(23)19-7-4-13-27-19/h3-7,11,13-14,21H,8-10,12H2,1-2H3/t21-/m1/s1. The third kappa shape index (κ3) is 3.54. The summed E-state index contributed by atoms with van der Waals surface area (Å²) < 4.78 is 10.9. The molecule has 2 aromatic heterocycles. The topological polar surface area (TPSA) is 38.8 Å². The molecule has 6 heteroatoms. The monoisotopic (exact) mass is 413 g/mol. The van der Waals surface area contributed by atoms with Gasteiger partial charge in [-0.1, -0.05) is 18.2 Å². The van der Waals surface area contributed by atoms with Gasteiger partial charge in [-0.2, -0.15) is 0 Å². The third-order valence-corrected chi connectivity index (χ3v) is 7.11. The van der Waals surface area contributed by atoms with Crippen molar-refractivity contribution in [2.45, 2.75) is 25.3 Å². The molecule has 0 saturated heterocycles. The van der Waals surface area contributed by atoms with Crippen LogP contribution in [0, 0.1) is 0 Å². The van der Waals surface area contributed by atoms with Crippen LogP contribution in [-0.4, -0.2) is 31.6 Å². The van der Waals surface area contributed by atoms with Crippen LogP contribution in [0.5, 0.6) is 11.5 Å². The van der Waals surface area contributed by atoms with Crippen LogP contribution in [0.3, 0.4) is 0 Å². The van der Waals surface area contributed by atoms with E-state index in [0.717, 1.165) is 18.5 Å². The van der Waals surface area contributed by atoms with Crippen molar-refractivity contribution < 1.29 is 14.3 Å². The summed E-state index contributed by atoms with van der Waals surface area (Å²) in [6.45, 7) is 0.768. The molecule has 0 aliphatic carbocycles. The predicted octanol–water partition coefficient (Wildman–Crippen LogP) is 4.93. The van der Waals surface area contributed by atoms with Gasteiger partial charge in [0.05, 0.1) is 20.3 Å². The number of methoxy groups -OCH3 is 2. The quantitative estimate of drug-likeness (QED) is 0.575. The van der Waals surface area contributed by atoms with Crippen LogP contribution in [0.1, 0.15) is 33.3 Å². The first kappa shape index (κ1) is 19.0. The van der Waals surface area contributed by atoms with Crippen LogP contribution in [-0.2, 0) is 17.6 Å². The Labute approximate surface area is 173 Å². The van der Waals surface area contributed by atoms with Crippen LogP contribution in [0.25, 0.3) is 0 Å². The molecule has 28 heavy (non-hydrogen) atoms. The van der Waals surface area contributed by atoms with Gasteiger partial charge in [-0.3, -0.25) is 4.79 Å². The van der Waals surface area contributed by atoms with Crippen LogP contribution < -0.4 is 9.47 Å². The van der Waals surface area contributed by atoms with Crippen molar-refractivity contribution in [3.05, 3.63) is 68.0 Å². The van der Waals surface area contributed by atoms with Gasteiger partial charge in [0.2, 0.25) is 5.91 Å². The second-order valence-corrected chi connectivity index (χ2v) is 8.69. The molecule has 0 spiro atoms. The van der Waals surface area contributed by atoms with E-state index in [9.17, 15) is 4.79 Å². The summed E-state index contributed by atoms with van der Waals surface area (Å²) in [5.74, 6) is 1.59. The number of fused-ring (bicyclic) bond motifs is 1. The summed E-state index contributed by atoms with van der Waals surface area (Å²) in [6, 6.07) is 12.2. The van der Waals surface area contributed by atoms with Crippen LogP contribution in [0.15, 0.2) is 47.2 Å². The normalized spacial score (nSPS) is 15.9. The lowest BCUT2D eigenvalue weighted by Gasteiger charge is -2.35. The van der Waals surface area contributed by atoms with E-state index in [4.69, 9.17) is 9.47 Å². The number of ether oxygens (including phenoxy) is 2. The summed E-state index contributed by atoms with van der Waals surface area (Å²) in [6.07, 6.45) is 2.01. The number of hydrogen-bond donors (Lipinski definition) is 0. The lowest BCUT2D eigenvalue weighted by atomic mass is 9.97. The van der Waals surface area contributed by atoms with Gasteiger partial charge >= 0.3 is 0 Å². The lowest BCUT2D eigenvalue weighted by molar-refractivity contribution is -0.133. The Hall–Kier alpha value is -2.31. The van der Waals surface area contributed by atoms with Crippen LogP contribution in [0.4, 0.5) is 0 Å². The first-order valence-electron chi connectivity index (χ1n) is 9.32. The van der Waals surface area contributed by atoms with E-state index in [1.165, 1.54) is 15.3 Å². The van der Waals surface area contributed by atoms with Gasteiger partial charge in [0.25, 0.3) is 0 Å². The maximum Gasteiger partial charge on any atom is 0.223 e.